The molecule has 1 nitrogen and oxygen atoms in total. The molecule has 2 aromatic rings. The minimum Gasteiger partial charge on any atom is -0.460 e. The minimum absolute atomic E-state index is 0.0785. The van der Waals surface area contributed by atoms with E-state index in [0.29, 0.717) is 11.8 Å². The fourth-order valence-electron chi connectivity index (χ4n) is 6.34. The number of hydrogen-bond donors (Lipinski definition) is 0. The molecule has 2 fully saturated rings. The maximum atomic E-state index is 6.47. The summed E-state index contributed by atoms with van der Waals surface area (Å²) in [7, 11) is 0. The lowest BCUT2D eigenvalue weighted by Gasteiger charge is -2.36. The quantitative estimate of drug-likeness (QED) is 0.571. The zero-order valence-electron chi connectivity index (χ0n) is 13.8. The molecule has 24 heavy (non-hydrogen) atoms. The molecular formula is C22H19ClO. The summed E-state index contributed by atoms with van der Waals surface area (Å²) in [6, 6.07) is 8.42. The van der Waals surface area contributed by atoms with E-state index in [1.165, 1.54) is 23.1 Å². The molecule has 4 aliphatic carbocycles. The van der Waals surface area contributed by atoms with Crippen molar-refractivity contribution in [2.45, 2.75) is 25.7 Å². The Balaban J connectivity index is 1.69. The highest BCUT2D eigenvalue weighted by Crippen LogP contribution is 2.86. The van der Waals surface area contributed by atoms with Gasteiger partial charge in [-0.3, -0.25) is 0 Å². The SMILES string of the molecule is CC1(C)C2C=CC(Cl)=C[C@@H]2C23CC12C=Cc1c3oc2ccccc12. The molecule has 4 aliphatic rings. The normalized spacial score (nSPS) is 39.9. The molecule has 0 bridgehead atoms. The number of hydrogen-bond acceptors (Lipinski definition) is 1. The number of fused-ring (bicyclic) bond motifs is 4. The highest BCUT2D eigenvalue weighted by molar-refractivity contribution is 6.31. The summed E-state index contributed by atoms with van der Waals surface area (Å²) in [6.45, 7) is 4.85. The van der Waals surface area contributed by atoms with Crippen molar-refractivity contribution in [3.63, 3.8) is 0 Å². The molecule has 0 spiro atoms. The van der Waals surface area contributed by atoms with Gasteiger partial charge in [0.25, 0.3) is 0 Å². The van der Waals surface area contributed by atoms with Gasteiger partial charge in [0.1, 0.15) is 11.3 Å². The number of para-hydroxylation sites is 1. The Hall–Kier alpha value is -1.73. The van der Waals surface area contributed by atoms with Gasteiger partial charge in [0.05, 0.1) is 0 Å². The maximum Gasteiger partial charge on any atom is 0.134 e. The lowest BCUT2D eigenvalue weighted by molar-refractivity contribution is 0.190. The van der Waals surface area contributed by atoms with Crippen molar-refractivity contribution in [1.29, 1.82) is 0 Å². The summed E-state index contributed by atoms with van der Waals surface area (Å²) >= 11 is 6.42. The minimum atomic E-state index is 0.0785. The molecular weight excluding hydrogens is 316 g/mol. The number of furan rings is 1. The number of benzene rings is 1. The second-order valence-corrected chi connectivity index (χ2v) is 8.91. The van der Waals surface area contributed by atoms with Crippen molar-refractivity contribution in [1.82, 2.24) is 0 Å². The first-order valence-corrected chi connectivity index (χ1v) is 9.16. The summed E-state index contributed by atoms with van der Waals surface area (Å²) in [5.74, 6) is 2.13. The monoisotopic (exact) mass is 334 g/mol. The summed E-state index contributed by atoms with van der Waals surface area (Å²) < 4.78 is 6.47. The van der Waals surface area contributed by atoms with E-state index >= 15 is 0 Å². The average Bonchev–Trinajstić information content (AvgIpc) is 3.11. The van der Waals surface area contributed by atoms with E-state index in [4.69, 9.17) is 16.0 Å². The Morgan fingerprint density at radius 2 is 1.96 bits per heavy atom. The van der Waals surface area contributed by atoms with Gasteiger partial charge in [-0.2, -0.15) is 0 Å². The van der Waals surface area contributed by atoms with Gasteiger partial charge in [0.2, 0.25) is 0 Å². The molecule has 6 rings (SSSR count). The fraction of sp³-hybridized carbons (Fsp3) is 0.364. The van der Waals surface area contributed by atoms with Crippen LogP contribution in [0.2, 0.25) is 0 Å². The van der Waals surface area contributed by atoms with E-state index < -0.39 is 0 Å². The van der Waals surface area contributed by atoms with Gasteiger partial charge >= 0.3 is 0 Å². The number of rotatable bonds is 0. The lowest BCUT2D eigenvalue weighted by Crippen LogP contribution is -2.30. The van der Waals surface area contributed by atoms with Crippen molar-refractivity contribution in [3.05, 3.63) is 64.9 Å². The van der Waals surface area contributed by atoms with Crippen LogP contribution < -0.4 is 0 Å². The van der Waals surface area contributed by atoms with E-state index in [0.717, 1.165) is 10.6 Å². The highest BCUT2D eigenvalue weighted by atomic mass is 35.5. The Morgan fingerprint density at radius 1 is 1.12 bits per heavy atom. The maximum absolute atomic E-state index is 6.47. The standard InChI is InChI=1S/C22H19ClO/c1-20(2)16-8-7-13(23)11-17(16)22-12-21(20,22)10-9-15-14-5-3-4-6-18(14)24-19(15)22/h3-11,16-17H,12H2,1-2H3/t16?,17-,21?,22?/m0/s1. The van der Waals surface area contributed by atoms with E-state index in [9.17, 15) is 0 Å². The van der Waals surface area contributed by atoms with Crippen molar-refractivity contribution < 1.29 is 4.42 Å². The van der Waals surface area contributed by atoms with Crippen LogP contribution in [0.3, 0.4) is 0 Å². The van der Waals surface area contributed by atoms with E-state index in [1.807, 2.05) is 0 Å². The van der Waals surface area contributed by atoms with Crippen molar-refractivity contribution >= 4 is 28.6 Å². The largest absolute Gasteiger partial charge is 0.460 e. The third-order valence-electron chi connectivity index (χ3n) is 7.54. The molecule has 0 amide bonds. The Bertz CT molecular complexity index is 1000. The molecule has 0 N–H and O–H groups in total. The summed E-state index contributed by atoms with van der Waals surface area (Å²) in [5, 5.41) is 2.11. The summed E-state index contributed by atoms with van der Waals surface area (Å²) in [5.41, 5.74) is 2.77. The van der Waals surface area contributed by atoms with Crippen molar-refractivity contribution in [3.8, 4) is 0 Å². The van der Waals surface area contributed by atoms with Crippen LogP contribution in [0.25, 0.3) is 17.0 Å². The fourth-order valence-corrected chi connectivity index (χ4v) is 6.55. The average molecular weight is 335 g/mol. The summed E-state index contributed by atoms with van der Waals surface area (Å²) in [6.07, 6.45) is 12.7. The van der Waals surface area contributed by atoms with Crippen LogP contribution >= 0.6 is 11.6 Å². The molecule has 1 aromatic carbocycles. The molecule has 0 saturated heterocycles. The Morgan fingerprint density at radius 3 is 2.83 bits per heavy atom. The van der Waals surface area contributed by atoms with E-state index in [2.05, 4.69) is 68.5 Å². The van der Waals surface area contributed by atoms with Crippen LogP contribution in [0.1, 0.15) is 31.6 Å². The first-order valence-electron chi connectivity index (χ1n) is 8.78. The zero-order chi connectivity index (χ0) is 16.3. The molecule has 1 aromatic heterocycles. The molecule has 120 valence electrons. The van der Waals surface area contributed by atoms with E-state index in [1.54, 1.807) is 0 Å². The molecule has 0 radical (unpaired) electrons. The van der Waals surface area contributed by atoms with Gasteiger partial charge in [0, 0.05) is 26.8 Å². The van der Waals surface area contributed by atoms with Gasteiger partial charge in [-0.25, -0.2) is 0 Å². The summed E-state index contributed by atoms with van der Waals surface area (Å²) in [4.78, 5) is 0. The van der Waals surface area contributed by atoms with E-state index in [-0.39, 0.29) is 16.2 Å². The Labute approximate surface area is 146 Å². The first-order chi connectivity index (χ1) is 11.5. The molecule has 0 aliphatic heterocycles. The van der Waals surface area contributed by atoms with Gasteiger partial charge in [-0.05, 0) is 35.8 Å². The second-order valence-electron chi connectivity index (χ2n) is 8.48. The highest BCUT2D eigenvalue weighted by Gasteiger charge is 2.84. The van der Waals surface area contributed by atoms with Gasteiger partial charge < -0.3 is 4.42 Å². The van der Waals surface area contributed by atoms with Crippen LogP contribution in [0.5, 0.6) is 0 Å². The zero-order valence-corrected chi connectivity index (χ0v) is 14.6. The van der Waals surface area contributed by atoms with Crippen LogP contribution in [0.15, 0.2) is 58.0 Å². The third kappa shape index (κ3) is 1.17. The first kappa shape index (κ1) is 13.5. The Kier molecular flexibility index (Phi) is 2.12. The van der Waals surface area contributed by atoms with Gasteiger partial charge in [-0.1, -0.05) is 68.0 Å². The lowest BCUT2D eigenvalue weighted by atomic mass is 9.67. The molecule has 2 heteroatoms. The van der Waals surface area contributed by atoms with Crippen molar-refractivity contribution in [2.75, 3.05) is 0 Å². The van der Waals surface area contributed by atoms with Crippen LogP contribution in [-0.4, -0.2) is 0 Å². The molecule has 4 atom stereocenters. The van der Waals surface area contributed by atoms with Crippen LogP contribution in [-0.2, 0) is 5.41 Å². The van der Waals surface area contributed by atoms with Crippen molar-refractivity contribution in [2.24, 2.45) is 22.7 Å². The molecule has 3 unspecified atom stereocenters. The number of halogens is 1. The van der Waals surface area contributed by atoms with Gasteiger partial charge in [0.15, 0.2) is 0 Å². The molecule has 1 heterocycles. The third-order valence-corrected chi connectivity index (χ3v) is 7.79. The predicted octanol–water partition coefficient (Wildman–Crippen LogP) is 6.05. The number of allylic oxidation sites excluding steroid dienone is 5. The van der Waals surface area contributed by atoms with Gasteiger partial charge in [-0.15, -0.1) is 0 Å². The smallest absolute Gasteiger partial charge is 0.134 e. The topological polar surface area (TPSA) is 13.1 Å². The second kappa shape index (κ2) is 3.75. The van der Waals surface area contributed by atoms with Crippen LogP contribution in [0, 0.1) is 22.7 Å². The molecule has 2 saturated carbocycles. The van der Waals surface area contributed by atoms with Crippen LogP contribution in [0.4, 0.5) is 0 Å². The predicted molar refractivity (Wildman–Crippen MR) is 97.8 cm³/mol.